The summed E-state index contributed by atoms with van der Waals surface area (Å²) >= 11 is 1.64. The fourth-order valence-corrected chi connectivity index (χ4v) is 2.14. The summed E-state index contributed by atoms with van der Waals surface area (Å²) in [6, 6.07) is 2.04. The number of hydrogen-bond acceptors (Lipinski definition) is 3. The first-order valence-corrected chi connectivity index (χ1v) is 6.66. The van der Waals surface area contributed by atoms with Crippen molar-refractivity contribution < 1.29 is 4.79 Å². The Balaban J connectivity index is 2.76. The van der Waals surface area contributed by atoms with Crippen LogP contribution in [0.15, 0.2) is 16.8 Å². The fraction of sp³-hybridized carbons (Fsp3) is 0.615. The predicted molar refractivity (Wildman–Crippen MR) is 72.8 cm³/mol. The second-order valence-electron chi connectivity index (χ2n) is 5.64. The summed E-state index contributed by atoms with van der Waals surface area (Å²) in [6.45, 7) is 8.23. The van der Waals surface area contributed by atoms with Crippen molar-refractivity contribution in [1.29, 1.82) is 0 Å². The number of nitrogens with two attached hydrogens (primary N) is 1. The summed E-state index contributed by atoms with van der Waals surface area (Å²) in [5.74, 6) is 0.0798. The molecule has 96 valence electrons. The number of carbonyl (C=O) groups is 1. The van der Waals surface area contributed by atoms with E-state index in [0.29, 0.717) is 6.54 Å². The van der Waals surface area contributed by atoms with Crippen LogP contribution in [0.5, 0.6) is 0 Å². The summed E-state index contributed by atoms with van der Waals surface area (Å²) in [5.41, 5.74) is 6.14. The summed E-state index contributed by atoms with van der Waals surface area (Å²) in [7, 11) is 1.83. The first kappa shape index (κ1) is 14.2. The van der Waals surface area contributed by atoms with Gasteiger partial charge in [0.2, 0.25) is 5.91 Å². The van der Waals surface area contributed by atoms with E-state index in [1.54, 1.807) is 16.2 Å². The van der Waals surface area contributed by atoms with E-state index in [9.17, 15) is 4.79 Å². The molecule has 2 N–H and O–H groups in total. The molecule has 0 unspecified atom stereocenters. The van der Waals surface area contributed by atoms with Gasteiger partial charge in [0.1, 0.15) is 0 Å². The number of amides is 1. The van der Waals surface area contributed by atoms with Crippen molar-refractivity contribution >= 4 is 17.2 Å². The Labute approximate surface area is 108 Å². The molecule has 17 heavy (non-hydrogen) atoms. The van der Waals surface area contributed by atoms with Gasteiger partial charge < -0.3 is 10.6 Å². The molecular formula is C13H22N2OS. The zero-order valence-corrected chi connectivity index (χ0v) is 12.1. The zero-order chi connectivity index (χ0) is 13.3. The van der Waals surface area contributed by atoms with Crippen LogP contribution in [0.4, 0.5) is 0 Å². The standard InChI is InChI=1S/C13H22N2OS/c1-12(2,13(3,4)14)11(16)15(5)8-10-6-7-17-9-10/h6-7,9H,8,14H2,1-5H3. The molecule has 4 heteroatoms. The van der Waals surface area contributed by atoms with Crippen LogP contribution in [0.2, 0.25) is 0 Å². The third-order valence-corrected chi connectivity index (χ3v) is 4.22. The van der Waals surface area contributed by atoms with Crippen molar-refractivity contribution in [1.82, 2.24) is 4.90 Å². The van der Waals surface area contributed by atoms with E-state index in [0.717, 1.165) is 5.56 Å². The predicted octanol–water partition coefficient (Wildman–Crippen LogP) is 2.47. The molecule has 0 radical (unpaired) electrons. The Bertz CT molecular complexity index is 377. The second kappa shape index (κ2) is 4.78. The van der Waals surface area contributed by atoms with Crippen LogP contribution >= 0.6 is 11.3 Å². The van der Waals surface area contributed by atoms with Gasteiger partial charge in [-0.05, 0) is 50.1 Å². The Morgan fingerprint density at radius 1 is 1.41 bits per heavy atom. The molecule has 0 spiro atoms. The molecule has 1 amide bonds. The van der Waals surface area contributed by atoms with Crippen molar-refractivity contribution in [2.45, 2.75) is 39.8 Å². The van der Waals surface area contributed by atoms with Gasteiger partial charge in [-0.25, -0.2) is 0 Å². The fourth-order valence-electron chi connectivity index (χ4n) is 1.48. The number of thiophene rings is 1. The molecule has 0 aliphatic heterocycles. The topological polar surface area (TPSA) is 46.3 Å². The third kappa shape index (κ3) is 3.07. The summed E-state index contributed by atoms with van der Waals surface area (Å²) < 4.78 is 0. The minimum Gasteiger partial charge on any atom is -0.341 e. The van der Waals surface area contributed by atoms with Crippen LogP contribution in [0, 0.1) is 5.41 Å². The molecule has 0 saturated carbocycles. The molecule has 0 aliphatic rings. The van der Waals surface area contributed by atoms with Crippen LogP contribution < -0.4 is 5.73 Å². The van der Waals surface area contributed by atoms with Crippen LogP contribution in [-0.4, -0.2) is 23.4 Å². The minimum absolute atomic E-state index is 0.0798. The van der Waals surface area contributed by atoms with Crippen molar-refractivity contribution in [3.63, 3.8) is 0 Å². The molecule has 0 atom stereocenters. The minimum atomic E-state index is -0.572. The van der Waals surface area contributed by atoms with Crippen LogP contribution in [0.3, 0.4) is 0 Å². The molecule has 1 rings (SSSR count). The third-order valence-electron chi connectivity index (χ3n) is 3.49. The van der Waals surface area contributed by atoms with E-state index >= 15 is 0 Å². The van der Waals surface area contributed by atoms with Crippen molar-refractivity contribution in [2.24, 2.45) is 11.1 Å². The van der Waals surface area contributed by atoms with Crippen LogP contribution in [0.25, 0.3) is 0 Å². The zero-order valence-electron chi connectivity index (χ0n) is 11.3. The molecule has 0 aromatic carbocycles. The Hall–Kier alpha value is -0.870. The van der Waals surface area contributed by atoms with Crippen molar-refractivity contribution in [2.75, 3.05) is 7.05 Å². The molecule has 0 aliphatic carbocycles. The molecular weight excluding hydrogens is 232 g/mol. The highest BCUT2D eigenvalue weighted by molar-refractivity contribution is 7.07. The molecule has 1 aromatic heterocycles. The number of hydrogen-bond donors (Lipinski definition) is 1. The highest BCUT2D eigenvalue weighted by Crippen LogP contribution is 2.30. The van der Waals surface area contributed by atoms with Gasteiger partial charge in [0, 0.05) is 19.1 Å². The first-order chi connectivity index (χ1) is 7.66. The maximum atomic E-state index is 12.4. The number of carbonyl (C=O) groups excluding carboxylic acids is 1. The van der Waals surface area contributed by atoms with E-state index < -0.39 is 11.0 Å². The second-order valence-corrected chi connectivity index (χ2v) is 6.42. The van der Waals surface area contributed by atoms with Gasteiger partial charge in [-0.15, -0.1) is 0 Å². The molecule has 0 bridgehead atoms. The van der Waals surface area contributed by atoms with Gasteiger partial charge in [-0.2, -0.15) is 11.3 Å². The maximum absolute atomic E-state index is 12.4. The Morgan fingerprint density at radius 2 is 2.00 bits per heavy atom. The van der Waals surface area contributed by atoms with E-state index in [2.05, 4.69) is 5.38 Å². The van der Waals surface area contributed by atoms with Crippen LogP contribution in [-0.2, 0) is 11.3 Å². The lowest BCUT2D eigenvalue weighted by molar-refractivity contribution is -0.142. The quantitative estimate of drug-likeness (QED) is 0.897. The average molecular weight is 254 g/mol. The normalized spacial score (nSPS) is 12.6. The van der Waals surface area contributed by atoms with E-state index in [4.69, 9.17) is 5.73 Å². The average Bonchev–Trinajstić information content (AvgIpc) is 2.67. The molecule has 1 heterocycles. The molecule has 0 fully saturated rings. The first-order valence-electron chi connectivity index (χ1n) is 5.72. The highest BCUT2D eigenvalue weighted by atomic mass is 32.1. The van der Waals surface area contributed by atoms with Gasteiger partial charge in [0.15, 0.2) is 0 Å². The summed E-state index contributed by atoms with van der Waals surface area (Å²) in [4.78, 5) is 14.1. The molecule has 1 aromatic rings. The van der Waals surface area contributed by atoms with Gasteiger partial charge in [-0.3, -0.25) is 4.79 Å². The van der Waals surface area contributed by atoms with Gasteiger partial charge in [0.25, 0.3) is 0 Å². The van der Waals surface area contributed by atoms with Gasteiger partial charge in [0.05, 0.1) is 5.41 Å². The lowest BCUT2D eigenvalue weighted by Crippen LogP contribution is -2.55. The SMILES string of the molecule is CN(Cc1ccsc1)C(=O)C(C)(C)C(C)(C)N. The maximum Gasteiger partial charge on any atom is 0.230 e. The van der Waals surface area contributed by atoms with E-state index in [-0.39, 0.29) is 5.91 Å². The lowest BCUT2D eigenvalue weighted by Gasteiger charge is -2.39. The van der Waals surface area contributed by atoms with Crippen molar-refractivity contribution in [3.05, 3.63) is 22.4 Å². The Kier molecular flexibility index (Phi) is 3.99. The van der Waals surface area contributed by atoms with Gasteiger partial charge >= 0.3 is 0 Å². The van der Waals surface area contributed by atoms with E-state index in [1.165, 1.54) is 0 Å². The smallest absolute Gasteiger partial charge is 0.230 e. The number of rotatable bonds is 4. The highest BCUT2D eigenvalue weighted by Gasteiger charge is 2.41. The monoisotopic (exact) mass is 254 g/mol. The lowest BCUT2D eigenvalue weighted by atomic mass is 9.74. The Morgan fingerprint density at radius 3 is 2.41 bits per heavy atom. The molecule has 0 saturated heterocycles. The molecule has 3 nitrogen and oxygen atoms in total. The largest absolute Gasteiger partial charge is 0.341 e. The van der Waals surface area contributed by atoms with Crippen molar-refractivity contribution in [3.8, 4) is 0 Å². The number of nitrogens with zero attached hydrogens (tertiary/aromatic N) is 1. The van der Waals surface area contributed by atoms with Gasteiger partial charge in [-0.1, -0.05) is 0 Å². The summed E-state index contributed by atoms with van der Waals surface area (Å²) in [6.07, 6.45) is 0. The van der Waals surface area contributed by atoms with Crippen LogP contribution in [0.1, 0.15) is 33.3 Å². The van der Waals surface area contributed by atoms with E-state index in [1.807, 2.05) is 46.2 Å². The summed E-state index contributed by atoms with van der Waals surface area (Å²) in [5, 5.41) is 4.08.